The number of thiazole rings is 1. The predicted molar refractivity (Wildman–Crippen MR) is 202 cm³/mol. The standard InChI is InChI=1S/C39H49N5O7S2/c1-21(2)30-20-52-37(41-30)29-18-32(26-13-14-31(49-5)22(3)33(26)40-29)50-24-16-27-28(17-24)38(46)44(4)15-9-7-6-8-10-23-19-39(23,42-35(27)45)34-36(51-34)43-53(47,48)25-11-12-25/h8,10,13-14,18,20-21,23-25,27-28,34,36,43H,6-7,9,11-12,15-17,19H2,1-5H3,(H,42,45)/b10-8+/t23-,24-,27-,28-,34?,36?,39-/m1/s1. The molecular weight excluding hydrogens is 715 g/mol. The molecule has 1 aromatic carbocycles. The van der Waals surface area contributed by atoms with Crippen LogP contribution in [0.25, 0.3) is 21.6 Å². The number of allylic oxidation sites excluding steroid dienone is 1. The number of carbonyl (C=O) groups excluding carboxylic acids is 2. The van der Waals surface area contributed by atoms with E-state index < -0.39 is 45.8 Å². The van der Waals surface area contributed by atoms with E-state index >= 15 is 0 Å². The van der Waals surface area contributed by atoms with Crippen molar-refractivity contribution in [1.82, 2.24) is 24.9 Å². The summed E-state index contributed by atoms with van der Waals surface area (Å²) in [6.07, 6.45) is 8.04. The molecule has 12 nitrogen and oxygen atoms in total. The molecule has 0 radical (unpaired) electrons. The van der Waals surface area contributed by atoms with Crippen molar-refractivity contribution in [3.8, 4) is 22.2 Å². The Bertz CT molecular complexity index is 2060. The molecule has 2 amide bonds. The molecule has 1 saturated heterocycles. The highest BCUT2D eigenvalue weighted by Crippen LogP contribution is 2.55. The first kappa shape index (κ1) is 36.4. The van der Waals surface area contributed by atoms with E-state index in [9.17, 15) is 18.0 Å². The van der Waals surface area contributed by atoms with E-state index in [1.165, 1.54) is 0 Å². The minimum Gasteiger partial charge on any atom is -0.496 e. The first-order valence-corrected chi connectivity index (χ1v) is 21.3. The van der Waals surface area contributed by atoms with Crippen molar-refractivity contribution in [3.63, 3.8) is 0 Å². The van der Waals surface area contributed by atoms with Crippen molar-refractivity contribution in [1.29, 1.82) is 0 Å². The maximum atomic E-state index is 14.4. The van der Waals surface area contributed by atoms with Gasteiger partial charge in [0, 0.05) is 41.9 Å². The van der Waals surface area contributed by atoms with Crippen molar-refractivity contribution >= 4 is 44.1 Å². The highest BCUT2D eigenvalue weighted by molar-refractivity contribution is 7.90. The molecule has 53 heavy (non-hydrogen) atoms. The Morgan fingerprint density at radius 3 is 2.64 bits per heavy atom. The van der Waals surface area contributed by atoms with Gasteiger partial charge in [-0.3, -0.25) is 9.59 Å². The number of hydrogen-bond donors (Lipinski definition) is 2. The van der Waals surface area contributed by atoms with Gasteiger partial charge in [-0.15, -0.1) is 11.3 Å². The van der Waals surface area contributed by atoms with Gasteiger partial charge in [0.1, 0.15) is 40.6 Å². The molecule has 8 rings (SSSR count). The van der Waals surface area contributed by atoms with E-state index in [2.05, 4.69) is 41.4 Å². The van der Waals surface area contributed by atoms with Gasteiger partial charge in [0.15, 0.2) is 0 Å². The largest absolute Gasteiger partial charge is 0.496 e. The molecule has 2 aromatic heterocycles. The lowest BCUT2D eigenvalue weighted by Crippen LogP contribution is -2.49. The third-order valence-corrected chi connectivity index (χ3v) is 14.5. The van der Waals surface area contributed by atoms with Crippen LogP contribution in [0.4, 0.5) is 0 Å². The SMILES string of the molecule is COc1ccc2c(O[C@@H]3C[C@H]4C(=O)N[C@]5(C6OC6NS(=O)(=O)C6CC6)C[C@H]5/C=C/CCCCN(C)C(=O)[C@@H]4C3)cc(-c3nc(C(C)C)cs3)nc2c1C. The number of amides is 2. The van der Waals surface area contributed by atoms with Crippen LogP contribution in [0.3, 0.4) is 0 Å². The number of nitrogens with one attached hydrogen (secondary N) is 2. The summed E-state index contributed by atoms with van der Waals surface area (Å²) < 4.78 is 46.6. The predicted octanol–water partition coefficient (Wildman–Crippen LogP) is 5.45. The normalized spacial score (nSPS) is 31.1. The Kier molecular flexibility index (Phi) is 9.56. The van der Waals surface area contributed by atoms with Crippen molar-refractivity contribution in [2.24, 2.45) is 17.8 Å². The fraction of sp³-hybridized carbons (Fsp3) is 0.590. The topological polar surface area (TPSA) is 152 Å². The second-order valence-electron chi connectivity index (χ2n) is 15.8. The van der Waals surface area contributed by atoms with Crippen LogP contribution < -0.4 is 19.5 Å². The van der Waals surface area contributed by atoms with Crippen LogP contribution >= 0.6 is 11.3 Å². The van der Waals surface area contributed by atoms with Crippen LogP contribution in [0.1, 0.15) is 82.4 Å². The van der Waals surface area contributed by atoms with Gasteiger partial charge in [-0.2, -0.15) is 4.72 Å². The first-order valence-electron chi connectivity index (χ1n) is 18.9. The molecule has 14 heteroatoms. The van der Waals surface area contributed by atoms with Gasteiger partial charge in [0.2, 0.25) is 21.8 Å². The highest BCUT2D eigenvalue weighted by Gasteiger charge is 2.69. The summed E-state index contributed by atoms with van der Waals surface area (Å²) in [6.45, 7) is 6.81. The number of aromatic nitrogens is 2. The Balaban J connectivity index is 1.09. The lowest BCUT2D eigenvalue weighted by atomic mass is 9.92. The minimum atomic E-state index is -3.46. The van der Waals surface area contributed by atoms with Gasteiger partial charge in [-0.25, -0.2) is 18.4 Å². The third-order valence-electron chi connectivity index (χ3n) is 11.7. The number of sulfonamides is 1. The van der Waals surface area contributed by atoms with Gasteiger partial charge in [0.25, 0.3) is 0 Å². The quantitative estimate of drug-likeness (QED) is 0.214. The maximum Gasteiger partial charge on any atom is 0.226 e. The number of epoxide rings is 1. The summed E-state index contributed by atoms with van der Waals surface area (Å²) in [6, 6.07) is 5.77. The van der Waals surface area contributed by atoms with E-state index in [-0.39, 0.29) is 28.9 Å². The number of fused-ring (bicyclic) bond motifs is 3. The Labute approximate surface area is 315 Å². The zero-order chi connectivity index (χ0) is 37.2. The van der Waals surface area contributed by atoms with Crippen molar-refractivity contribution in [2.75, 3.05) is 20.7 Å². The number of methoxy groups -OCH3 is 1. The van der Waals surface area contributed by atoms with Crippen LogP contribution in [0, 0.1) is 24.7 Å². The Morgan fingerprint density at radius 1 is 1.11 bits per heavy atom. The Hall–Kier alpha value is -3.59. The summed E-state index contributed by atoms with van der Waals surface area (Å²) in [4.78, 5) is 40.2. The number of carbonyl (C=O) groups is 2. The van der Waals surface area contributed by atoms with Crippen molar-refractivity contribution in [3.05, 3.63) is 47.0 Å². The lowest BCUT2D eigenvalue weighted by molar-refractivity contribution is -0.140. The molecule has 3 aromatic rings. The number of aryl methyl sites for hydroxylation is 1. The van der Waals surface area contributed by atoms with Gasteiger partial charge < -0.3 is 24.4 Å². The number of benzene rings is 1. The van der Waals surface area contributed by atoms with Gasteiger partial charge in [0.05, 0.1) is 40.9 Å². The minimum absolute atomic E-state index is 0.0176. The smallest absolute Gasteiger partial charge is 0.226 e. The molecule has 0 spiro atoms. The summed E-state index contributed by atoms with van der Waals surface area (Å²) >= 11 is 1.54. The summed E-state index contributed by atoms with van der Waals surface area (Å²) in [5, 5.41) is 6.62. The van der Waals surface area contributed by atoms with Crippen LogP contribution in [0.5, 0.6) is 11.5 Å². The number of nitrogens with zero attached hydrogens (tertiary/aromatic N) is 3. The number of pyridine rings is 1. The van der Waals surface area contributed by atoms with Gasteiger partial charge >= 0.3 is 0 Å². The summed E-state index contributed by atoms with van der Waals surface area (Å²) in [5.41, 5.74) is 2.58. The van der Waals surface area contributed by atoms with E-state index in [0.29, 0.717) is 50.1 Å². The van der Waals surface area contributed by atoms with Crippen LogP contribution in [0.2, 0.25) is 0 Å². The fourth-order valence-corrected chi connectivity index (χ4v) is 10.6. The monoisotopic (exact) mass is 763 g/mol. The average Bonchev–Trinajstić information content (AvgIpc) is 4.09. The molecule has 284 valence electrons. The van der Waals surface area contributed by atoms with Crippen LogP contribution in [0.15, 0.2) is 35.7 Å². The number of ether oxygens (including phenoxy) is 3. The second kappa shape index (κ2) is 13.9. The molecule has 7 atom stereocenters. The first-order chi connectivity index (χ1) is 25.4. The van der Waals surface area contributed by atoms with Crippen LogP contribution in [-0.2, 0) is 24.3 Å². The molecule has 2 N–H and O–H groups in total. The summed E-state index contributed by atoms with van der Waals surface area (Å²) in [5.74, 6) is 0.128. The summed E-state index contributed by atoms with van der Waals surface area (Å²) in [7, 11) is -0.00733. The van der Waals surface area contributed by atoms with E-state index in [1.54, 1.807) is 23.3 Å². The maximum absolute atomic E-state index is 14.4. The molecule has 2 aliphatic heterocycles. The second-order valence-corrected chi connectivity index (χ2v) is 18.7. The molecule has 3 saturated carbocycles. The number of hydrogen-bond acceptors (Lipinski definition) is 10. The molecule has 2 unspecified atom stereocenters. The van der Waals surface area contributed by atoms with Crippen LogP contribution in [-0.4, -0.2) is 85.0 Å². The molecular formula is C39H49N5O7S2. The third kappa shape index (κ3) is 7.07. The van der Waals surface area contributed by atoms with E-state index in [0.717, 1.165) is 52.2 Å². The fourth-order valence-electron chi connectivity index (χ4n) is 8.21. The van der Waals surface area contributed by atoms with Crippen molar-refractivity contribution in [2.45, 2.75) is 107 Å². The van der Waals surface area contributed by atoms with Gasteiger partial charge in [-0.05, 0) is 76.3 Å². The lowest BCUT2D eigenvalue weighted by Gasteiger charge is -2.26. The molecule has 4 heterocycles. The zero-order valence-corrected chi connectivity index (χ0v) is 32.6. The average molecular weight is 764 g/mol. The molecule has 3 aliphatic carbocycles. The molecule has 4 fully saturated rings. The van der Waals surface area contributed by atoms with Gasteiger partial charge in [-0.1, -0.05) is 26.0 Å². The molecule has 5 aliphatic rings. The molecule has 0 bridgehead atoms. The van der Waals surface area contributed by atoms with E-state index in [4.69, 9.17) is 24.2 Å². The van der Waals surface area contributed by atoms with E-state index in [1.807, 2.05) is 32.2 Å². The number of rotatable bonds is 9. The van der Waals surface area contributed by atoms with Crippen molar-refractivity contribution < 1.29 is 32.2 Å². The Morgan fingerprint density at radius 2 is 1.91 bits per heavy atom. The zero-order valence-electron chi connectivity index (χ0n) is 31.0. The highest BCUT2D eigenvalue weighted by atomic mass is 32.2.